The zero-order valence-corrected chi connectivity index (χ0v) is 29.2. The van der Waals surface area contributed by atoms with Crippen molar-refractivity contribution in [2.24, 2.45) is 0 Å². The molecule has 3 aromatic carbocycles. The van der Waals surface area contributed by atoms with Crippen molar-refractivity contribution in [2.75, 3.05) is 5.73 Å². The van der Waals surface area contributed by atoms with E-state index in [1.807, 2.05) is 67.6 Å². The quantitative estimate of drug-likeness (QED) is 0.0834. The molecule has 2 fully saturated rings. The summed E-state index contributed by atoms with van der Waals surface area (Å²) in [6, 6.07) is 22.2. The molecule has 0 bridgehead atoms. The molecular weight excluding hydrogens is 686 g/mol. The van der Waals surface area contributed by atoms with Crippen LogP contribution in [0.3, 0.4) is 0 Å². The number of aromatic nitrogens is 1. The largest absolute Gasteiger partial charge is 0.627 e. The first-order valence-corrected chi connectivity index (χ1v) is 17.4. The fourth-order valence-electron chi connectivity index (χ4n) is 4.46. The lowest BCUT2D eigenvalue weighted by molar-refractivity contribution is -0.145. The Labute approximate surface area is 298 Å². The Morgan fingerprint density at radius 2 is 1.31 bits per heavy atom. The number of anilines is 1. The number of thiol groups is 1. The number of benzene rings is 3. The molecule has 0 spiro atoms. The van der Waals surface area contributed by atoms with Crippen LogP contribution in [0, 0.1) is 20.6 Å². The van der Waals surface area contributed by atoms with E-state index in [0.29, 0.717) is 22.6 Å². The summed E-state index contributed by atoms with van der Waals surface area (Å²) in [5, 5.41) is -0.581. The summed E-state index contributed by atoms with van der Waals surface area (Å²) < 4.78 is 21.5. The van der Waals surface area contributed by atoms with Gasteiger partial charge in [-0.25, -0.2) is 0 Å². The lowest BCUT2D eigenvalue weighted by Gasteiger charge is -2.30. The van der Waals surface area contributed by atoms with Crippen LogP contribution in [0.25, 0.3) is 10.2 Å². The van der Waals surface area contributed by atoms with Crippen LogP contribution in [0.5, 0.6) is 0 Å². The van der Waals surface area contributed by atoms with Crippen LogP contribution in [0.2, 0.25) is 0 Å². The number of carbonyl (C=O) groups is 5. The van der Waals surface area contributed by atoms with Crippen LogP contribution in [0.1, 0.15) is 44.1 Å². The molecule has 2 saturated heterocycles. The molecule has 3 heterocycles. The Hall–Kier alpha value is -4.53. The SMILES string of the molecule is Nc1ccccc1S.[CH2+][B-]1(C(=O)Sc2ccc(C)cc2)OC(=O)CCCC(=O)O1.[CH2+][B-]1(c2nc3ccccc3s2)OC(=O)CCCC(=O)O1. The van der Waals surface area contributed by atoms with E-state index in [0.717, 1.165) is 38.1 Å². The molecule has 2 aliphatic rings. The van der Waals surface area contributed by atoms with Gasteiger partial charge in [-0.3, -0.25) is 24.2 Å². The average Bonchev–Trinajstić information content (AvgIpc) is 3.48. The Bertz CT molecular complexity index is 1750. The average molecular weight is 720 g/mol. The van der Waals surface area contributed by atoms with Gasteiger partial charge in [-0.2, -0.15) is 0 Å². The van der Waals surface area contributed by atoms with E-state index in [4.69, 9.17) is 24.4 Å². The molecule has 2 N–H and O–H groups in total. The third kappa shape index (κ3) is 10.7. The lowest BCUT2D eigenvalue weighted by atomic mass is 9.60. The van der Waals surface area contributed by atoms with Gasteiger partial charge >= 0.3 is 13.1 Å². The van der Waals surface area contributed by atoms with Crippen molar-refractivity contribution in [1.29, 1.82) is 0 Å². The van der Waals surface area contributed by atoms with Gasteiger partial charge in [0.1, 0.15) is 0 Å². The van der Waals surface area contributed by atoms with Gasteiger partial charge in [0.25, 0.3) is 23.9 Å². The number of nitrogens with two attached hydrogens (primary N) is 1. The van der Waals surface area contributed by atoms with Gasteiger partial charge < -0.3 is 29.1 Å². The van der Waals surface area contributed by atoms with Crippen LogP contribution in [-0.2, 0) is 37.8 Å². The smallest absolute Gasteiger partial charge is 0.611 e. The highest BCUT2D eigenvalue weighted by molar-refractivity contribution is 8.17. The summed E-state index contributed by atoms with van der Waals surface area (Å²) in [6.07, 6.45) is 1.33. The first-order chi connectivity index (χ1) is 23.3. The summed E-state index contributed by atoms with van der Waals surface area (Å²) in [7, 11) is 0. The highest BCUT2D eigenvalue weighted by atomic mass is 32.2. The predicted octanol–water partition coefficient (Wildman–Crippen LogP) is 6.02. The summed E-state index contributed by atoms with van der Waals surface area (Å²) in [4.78, 5) is 65.1. The van der Waals surface area contributed by atoms with Gasteiger partial charge in [-0.15, -0.1) is 24.0 Å². The molecule has 254 valence electrons. The molecule has 2 aliphatic heterocycles. The maximum atomic E-state index is 12.3. The van der Waals surface area contributed by atoms with Gasteiger partial charge in [-0.05, 0) is 69.8 Å². The minimum absolute atomic E-state index is 0.0800. The van der Waals surface area contributed by atoms with Crippen LogP contribution in [-0.4, -0.2) is 47.0 Å². The van der Waals surface area contributed by atoms with Gasteiger partial charge in [0.05, 0.1) is 15.1 Å². The van der Waals surface area contributed by atoms with Crippen LogP contribution >= 0.6 is 35.7 Å². The van der Waals surface area contributed by atoms with E-state index < -0.39 is 42.0 Å². The molecule has 16 heteroatoms. The third-order valence-corrected chi connectivity index (χ3v) is 9.73. The number of hydrogen-bond acceptors (Lipinski definition) is 14. The van der Waals surface area contributed by atoms with Crippen LogP contribution < -0.4 is 10.6 Å². The standard InChI is InChI=1S/C14H15BO5S.C13H12BNO4S.C6H7NS/c1-10-6-8-11(9-7-10)21-14(18)15(2)19-12(16)4-3-5-13(17)20-15;1-14(18-11(16)7-4-8-12(17)19-14)13-15-9-5-2-3-6-10(9)20-13;7-5-3-1-2-4-6(5)8/h6-9H,2-5H2,1H3;2-3,5-6H,1,4,7-8H2;1-4,8H,7H2. The monoisotopic (exact) mass is 720 g/mol. The van der Waals surface area contributed by atoms with Crippen molar-refractivity contribution in [1.82, 2.24) is 4.98 Å². The molecule has 0 atom stereocenters. The van der Waals surface area contributed by atoms with Crippen molar-refractivity contribution in [3.8, 4) is 0 Å². The number of thioether (sulfide) groups is 1. The van der Waals surface area contributed by atoms with Gasteiger partial charge in [-0.1, -0.05) is 53.7 Å². The van der Waals surface area contributed by atoms with E-state index in [1.165, 1.54) is 11.3 Å². The Morgan fingerprint density at radius 3 is 1.82 bits per heavy atom. The number of hydrogen-bond donors (Lipinski definition) is 2. The highest BCUT2D eigenvalue weighted by Crippen LogP contribution is 2.28. The van der Waals surface area contributed by atoms with Gasteiger partial charge in [0.15, 0.2) is 5.01 Å². The number of nitrogens with zero attached hydrogens (tertiary/aromatic N) is 1. The summed E-state index contributed by atoms with van der Waals surface area (Å²) in [6.45, 7) is 4.01. The fourth-order valence-corrected chi connectivity index (χ4v) is 6.41. The number of carbonyl (C=O) groups excluding carboxylic acids is 5. The number of thiazole rings is 1. The Balaban J connectivity index is 0.000000181. The first kappa shape index (κ1) is 37.3. The van der Waals surface area contributed by atoms with Crippen molar-refractivity contribution in [2.45, 2.75) is 55.2 Å². The number of para-hydroxylation sites is 2. The predicted molar refractivity (Wildman–Crippen MR) is 194 cm³/mol. The molecular formula is C33H34B2N2O9S3. The zero-order valence-electron chi connectivity index (χ0n) is 26.7. The maximum absolute atomic E-state index is 12.3. The molecule has 0 amide bonds. The molecule has 6 rings (SSSR count). The van der Waals surface area contributed by atoms with E-state index in [-0.39, 0.29) is 25.7 Å². The third-order valence-electron chi connectivity index (χ3n) is 7.03. The van der Waals surface area contributed by atoms with Crippen molar-refractivity contribution in [3.05, 3.63) is 92.0 Å². The van der Waals surface area contributed by atoms with E-state index in [9.17, 15) is 24.0 Å². The van der Waals surface area contributed by atoms with E-state index in [1.54, 1.807) is 12.1 Å². The lowest BCUT2D eigenvalue weighted by Crippen LogP contribution is -2.54. The molecule has 11 nitrogen and oxygen atoms in total. The number of rotatable bonds is 3. The minimum atomic E-state index is -2.86. The molecule has 4 aromatic rings. The topological polar surface area (TPSA) is 161 Å². The zero-order chi connectivity index (χ0) is 35.6. The number of nitrogen functional groups attached to an aromatic ring is 1. The molecule has 0 unspecified atom stereocenters. The second-order valence-corrected chi connectivity index (χ2v) is 13.8. The molecule has 49 heavy (non-hydrogen) atoms. The van der Waals surface area contributed by atoms with E-state index >= 15 is 0 Å². The van der Waals surface area contributed by atoms with Crippen LogP contribution in [0.4, 0.5) is 10.5 Å². The van der Waals surface area contributed by atoms with Crippen LogP contribution in [0.15, 0.2) is 82.6 Å². The summed E-state index contributed by atoms with van der Waals surface area (Å²) in [5.41, 5.74) is 8.01. The molecule has 0 saturated carbocycles. The van der Waals surface area contributed by atoms with Crippen molar-refractivity contribution < 1.29 is 42.6 Å². The number of aryl methyl sites for hydroxylation is 1. The normalized spacial score (nSPS) is 17.0. The highest BCUT2D eigenvalue weighted by Gasteiger charge is 2.49. The summed E-state index contributed by atoms with van der Waals surface area (Å²) >= 11 is 6.25. The molecule has 0 radical (unpaired) electrons. The fraction of sp³-hybridized carbons (Fsp3) is 0.212. The first-order valence-electron chi connectivity index (χ1n) is 15.3. The molecule has 0 aliphatic carbocycles. The van der Waals surface area contributed by atoms with Gasteiger partial charge in [0.2, 0.25) is 0 Å². The number of fused-ring (bicyclic) bond motifs is 1. The van der Waals surface area contributed by atoms with Crippen molar-refractivity contribution >= 4 is 98.5 Å². The minimum Gasteiger partial charge on any atom is -0.611 e. The second-order valence-electron chi connectivity index (χ2n) is 11.2. The van der Waals surface area contributed by atoms with Crippen molar-refractivity contribution in [3.63, 3.8) is 0 Å². The Kier molecular flexibility index (Phi) is 12.7. The van der Waals surface area contributed by atoms with E-state index in [2.05, 4.69) is 31.3 Å². The van der Waals surface area contributed by atoms with Gasteiger partial charge in [0, 0.05) is 41.2 Å². The molecule has 1 aromatic heterocycles. The Morgan fingerprint density at radius 1 is 0.796 bits per heavy atom. The summed E-state index contributed by atoms with van der Waals surface area (Å²) in [5.74, 6) is -1.97. The maximum Gasteiger partial charge on any atom is 0.627 e. The second kappa shape index (κ2) is 16.7.